The van der Waals surface area contributed by atoms with Crippen molar-refractivity contribution in [2.24, 2.45) is 5.92 Å². The summed E-state index contributed by atoms with van der Waals surface area (Å²) in [6.07, 6.45) is 6.36. The first kappa shape index (κ1) is 19.9. The molecule has 2 aromatic rings. The largest absolute Gasteiger partial charge is 0.357 e. The number of hydrogen-bond donors (Lipinski definition) is 0. The summed E-state index contributed by atoms with van der Waals surface area (Å²) in [5, 5.41) is 3.88. The van der Waals surface area contributed by atoms with Crippen LogP contribution in [0.1, 0.15) is 102 Å². The second-order valence-electron chi connectivity index (χ2n) is 10.1. The van der Waals surface area contributed by atoms with Gasteiger partial charge in [0.05, 0.1) is 6.20 Å². The van der Waals surface area contributed by atoms with E-state index in [2.05, 4.69) is 78.8 Å². The van der Waals surface area contributed by atoms with Crippen LogP contribution < -0.4 is 0 Å². The quantitative estimate of drug-likeness (QED) is 0.566. The molecular formula is C25H35NO. The van der Waals surface area contributed by atoms with Crippen molar-refractivity contribution < 1.29 is 4.52 Å². The van der Waals surface area contributed by atoms with Gasteiger partial charge in [0.25, 0.3) is 0 Å². The Balaban J connectivity index is 2.29. The Kier molecular flexibility index (Phi) is 5.14. The Bertz CT molecular complexity index is 835. The van der Waals surface area contributed by atoms with Crippen LogP contribution in [0, 0.1) is 5.92 Å². The lowest BCUT2D eigenvalue weighted by Crippen LogP contribution is -2.34. The lowest BCUT2D eigenvalue weighted by atomic mass is 9.62. The summed E-state index contributed by atoms with van der Waals surface area (Å²) in [6, 6.07) is 6.93. The standard InChI is InChI=1S/C25H35NO/c1-16(2)19(13-18-9-12-26-27-18)21-15-23-22(14-20(21)17(3)4)24(5,6)10-11-25(23,7)8/h9,12-17H,10-11H2,1-8H3. The van der Waals surface area contributed by atoms with Gasteiger partial charge in [-0.1, -0.05) is 72.7 Å². The summed E-state index contributed by atoms with van der Waals surface area (Å²) >= 11 is 0. The smallest absolute Gasteiger partial charge is 0.159 e. The number of fused-ring (bicyclic) bond motifs is 1. The first-order valence-corrected chi connectivity index (χ1v) is 10.3. The van der Waals surface area contributed by atoms with Crippen LogP contribution in [0.5, 0.6) is 0 Å². The van der Waals surface area contributed by atoms with Gasteiger partial charge in [-0.15, -0.1) is 0 Å². The van der Waals surface area contributed by atoms with E-state index in [4.69, 9.17) is 4.52 Å². The van der Waals surface area contributed by atoms with Crippen molar-refractivity contribution in [3.05, 3.63) is 52.4 Å². The number of hydrogen-bond acceptors (Lipinski definition) is 2. The maximum atomic E-state index is 5.40. The van der Waals surface area contributed by atoms with Gasteiger partial charge < -0.3 is 4.52 Å². The lowest BCUT2D eigenvalue weighted by molar-refractivity contribution is 0.331. The summed E-state index contributed by atoms with van der Waals surface area (Å²) in [5.41, 5.74) is 7.65. The van der Waals surface area contributed by atoms with Crippen molar-refractivity contribution in [2.45, 2.75) is 85.0 Å². The van der Waals surface area contributed by atoms with Gasteiger partial charge in [-0.2, -0.15) is 0 Å². The molecule has 0 radical (unpaired) electrons. The summed E-state index contributed by atoms with van der Waals surface area (Å²) in [4.78, 5) is 0. The molecule has 146 valence electrons. The van der Waals surface area contributed by atoms with Gasteiger partial charge in [-0.25, -0.2) is 0 Å². The Morgan fingerprint density at radius 2 is 1.59 bits per heavy atom. The SMILES string of the molecule is CC(C)C(=Cc1ccno1)c1cc2c(cc1C(C)C)C(C)(C)CCC2(C)C. The molecule has 0 saturated heterocycles. The molecular weight excluding hydrogens is 330 g/mol. The van der Waals surface area contributed by atoms with Crippen LogP contribution in [-0.2, 0) is 10.8 Å². The minimum atomic E-state index is 0.212. The van der Waals surface area contributed by atoms with Gasteiger partial charge in [0.2, 0.25) is 0 Å². The molecule has 1 aromatic carbocycles. The third kappa shape index (κ3) is 3.77. The second kappa shape index (κ2) is 6.96. The molecule has 1 aliphatic carbocycles. The third-order valence-corrected chi connectivity index (χ3v) is 6.33. The molecule has 1 aromatic heterocycles. The van der Waals surface area contributed by atoms with Crippen molar-refractivity contribution >= 4 is 11.6 Å². The summed E-state index contributed by atoms with van der Waals surface area (Å²) < 4.78 is 5.40. The Morgan fingerprint density at radius 3 is 2.07 bits per heavy atom. The van der Waals surface area contributed by atoms with E-state index in [1.165, 1.54) is 40.7 Å². The normalized spacial score (nSPS) is 18.8. The summed E-state index contributed by atoms with van der Waals surface area (Å²) in [6.45, 7) is 18.7. The molecule has 2 nitrogen and oxygen atoms in total. The molecule has 1 aliphatic rings. The van der Waals surface area contributed by atoms with E-state index in [1.807, 2.05) is 6.07 Å². The average Bonchev–Trinajstić information content (AvgIpc) is 3.09. The fourth-order valence-corrected chi connectivity index (χ4v) is 4.37. The molecule has 0 spiro atoms. The maximum absolute atomic E-state index is 5.40. The van der Waals surface area contributed by atoms with E-state index in [1.54, 1.807) is 6.20 Å². The van der Waals surface area contributed by atoms with Gasteiger partial charge in [0, 0.05) is 6.07 Å². The molecule has 0 bridgehead atoms. The average molecular weight is 366 g/mol. The zero-order chi connectivity index (χ0) is 20.0. The number of allylic oxidation sites excluding steroid dienone is 1. The summed E-state index contributed by atoms with van der Waals surface area (Å²) in [7, 11) is 0. The van der Waals surface area contributed by atoms with Crippen molar-refractivity contribution in [2.75, 3.05) is 0 Å². The topological polar surface area (TPSA) is 26.0 Å². The van der Waals surface area contributed by atoms with Gasteiger partial charge in [0.15, 0.2) is 5.76 Å². The number of benzene rings is 1. The van der Waals surface area contributed by atoms with Gasteiger partial charge in [-0.05, 0) is 69.4 Å². The number of aromatic nitrogens is 1. The van der Waals surface area contributed by atoms with Gasteiger partial charge in [-0.3, -0.25) is 0 Å². The van der Waals surface area contributed by atoms with Crippen molar-refractivity contribution in [1.82, 2.24) is 5.16 Å². The first-order valence-electron chi connectivity index (χ1n) is 10.3. The predicted molar refractivity (Wildman–Crippen MR) is 115 cm³/mol. The molecule has 0 fully saturated rings. The zero-order valence-corrected chi connectivity index (χ0v) is 18.3. The number of nitrogens with zero attached hydrogens (tertiary/aromatic N) is 1. The Hall–Kier alpha value is -1.83. The first-order chi connectivity index (χ1) is 12.5. The van der Waals surface area contributed by atoms with Crippen LogP contribution in [0.4, 0.5) is 0 Å². The molecule has 0 saturated carbocycles. The number of rotatable bonds is 4. The minimum Gasteiger partial charge on any atom is -0.357 e. The molecule has 0 atom stereocenters. The van der Waals surface area contributed by atoms with Crippen molar-refractivity contribution in [3.8, 4) is 0 Å². The van der Waals surface area contributed by atoms with Crippen LogP contribution >= 0.6 is 0 Å². The zero-order valence-electron chi connectivity index (χ0n) is 18.3. The molecule has 3 rings (SSSR count). The van der Waals surface area contributed by atoms with Crippen LogP contribution in [0.3, 0.4) is 0 Å². The van der Waals surface area contributed by atoms with Crippen molar-refractivity contribution in [1.29, 1.82) is 0 Å². The highest BCUT2D eigenvalue weighted by Gasteiger charge is 2.38. The van der Waals surface area contributed by atoms with Crippen LogP contribution in [0.25, 0.3) is 11.6 Å². The van der Waals surface area contributed by atoms with E-state index in [0.717, 1.165) is 5.76 Å². The van der Waals surface area contributed by atoms with E-state index in [-0.39, 0.29) is 10.8 Å². The fraction of sp³-hybridized carbons (Fsp3) is 0.560. The van der Waals surface area contributed by atoms with E-state index in [0.29, 0.717) is 11.8 Å². The van der Waals surface area contributed by atoms with Crippen LogP contribution in [-0.4, -0.2) is 5.16 Å². The van der Waals surface area contributed by atoms with Crippen LogP contribution in [0.2, 0.25) is 0 Å². The molecule has 2 heteroatoms. The third-order valence-electron chi connectivity index (χ3n) is 6.33. The van der Waals surface area contributed by atoms with Gasteiger partial charge in [0.1, 0.15) is 0 Å². The highest BCUT2D eigenvalue weighted by Crippen LogP contribution is 2.48. The van der Waals surface area contributed by atoms with Crippen molar-refractivity contribution in [3.63, 3.8) is 0 Å². The lowest BCUT2D eigenvalue weighted by Gasteiger charge is -2.43. The highest BCUT2D eigenvalue weighted by molar-refractivity contribution is 5.83. The Morgan fingerprint density at radius 1 is 1.00 bits per heavy atom. The van der Waals surface area contributed by atoms with Crippen LogP contribution in [0.15, 0.2) is 28.9 Å². The van der Waals surface area contributed by atoms with Gasteiger partial charge >= 0.3 is 0 Å². The molecule has 0 N–H and O–H groups in total. The second-order valence-corrected chi connectivity index (χ2v) is 10.1. The van der Waals surface area contributed by atoms with E-state index < -0.39 is 0 Å². The highest BCUT2D eigenvalue weighted by atomic mass is 16.5. The predicted octanol–water partition coefficient (Wildman–Crippen LogP) is 7.34. The maximum Gasteiger partial charge on any atom is 0.159 e. The molecule has 0 aliphatic heterocycles. The molecule has 1 heterocycles. The fourth-order valence-electron chi connectivity index (χ4n) is 4.37. The van der Waals surface area contributed by atoms with E-state index >= 15 is 0 Å². The monoisotopic (exact) mass is 365 g/mol. The Labute approximate surface area is 165 Å². The minimum absolute atomic E-state index is 0.212. The molecule has 27 heavy (non-hydrogen) atoms. The summed E-state index contributed by atoms with van der Waals surface area (Å²) in [5.74, 6) is 1.71. The van der Waals surface area contributed by atoms with E-state index in [9.17, 15) is 0 Å². The molecule has 0 unspecified atom stereocenters. The molecule has 0 amide bonds.